The molecule has 2 N–H and O–H groups in total. The largest absolute Gasteiger partial charge is 0.478 e. The maximum atomic E-state index is 9.55. The predicted molar refractivity (Wildman–Crippen MR) is 56.2 cm³/mol. The fourth-order valence-electron chi connectivity index (χ4n) is 0.143. The molecule has 0 atom stereocenters. The average Bonchev–Trinajstić information content (AvgIpc) is 2.04. The van der Waals surface area contributed by atoms with Gasteiger partial charge in [0.15, 0.2) is 0 Å². The van der Waals surface area contributed by atoms with Crippen LogP contribution >= 0.6 is 0 Å². The van der Waals surface area contributed by atoms with Gasteiger partial charge < -0.3 is 10.2 Å². The third-order valence-corrected chi connectivity index (χ3v) is 0.368. The van der Waals surface area contributed by atoms with E-state index >= 15 is 0 Å². The Morgan fingerprint density at radius 3 is 1.14 bits per heavy atom. The van der Waals surface area contributed by atoms with Gasteiger partial charge in [0.2, 0.25) is 0 Å². The second-order valence-electron chi connectivity index (χ2n) is 1.83. The van der Waals surface area contributed by atoms with Crippen molar-refractivity contribution in [1.29, 1.82) is 0 Å². The van der Waals surface area contributed by atoms with E-state index in [1.54, 1.807) is 12.2 Å². The predicted octanol–water partition coefficient (Wildman–Crippen LogP) is 2.10. The van der Waals surface area contributed by atoms with E-state index in [9.17, 15) is 9.59 Å². The number of allylic oxidation sites excluding steroid dienone is 2. The van der Waals surface area contributed by atoms with Gasteiger partial charge in [-0.2, -0.15) is 0 Å². The van der Waals surface area contributed by atoms with Gasteiger partial charge in [0.1, 0.15) is 0 Å². The molecule has 0 heterocycles. The zero-order valence-corrected chi connectivity index (χ0v) is 8.43. The fourth-order valence-corrected chi connectivity index (χ4v) is 0.143. The Balaban J connectivity index is -0.000000168. The van der Waals surface area contributed by atoms with Gasteiger partial charge in [-0.05, 0) is 13.8 Å². The first kappa shape index (κ1) is 18.0. The van der Waals surface area contributed by atoms with Crippen LogP contribution in [-0.4, -0.2) is 22.2 Å². The Labute approximate surface area is 83.9 Å². The molecule has 0 aromatic heterocycles. The minimum absolute atomic E-state index is 0.558. The molecule has 0 radical (unpaired) electrons. The summed E-state index contributed by atoms with van der Waals surface area (Å²) in [6.45, 7) is 10.5. The van der Waals surface area contributed by atoms with E-state index in [0.717, 1.165) is 0 Å². The summed E-state index contributed by atoms with van der Waals surface area (Å²) in [6, 6.07) is 0. The Hall–Kier alpha value is -1.84. The molecule has 14 heavy (non-hydrogen) atoms. The summed E-state index contributed by atoms with van der Waals surface area (Å²) in [5.41, 5.74) is 0. The van der Waals surface area contributed by atoms with Crippen molar-refractivity contribution in [2.75, 3.05) is 0 Å². The molecule has 0 aromatic rings. The molecule has 0 aromatic carbocycles. The third kappa shape index (κ3) is 85.4. The summed E-state index contributed by atoms with van der Waals surface area (Å²) in [5.74, 6) is -2.51. The van der Waals surface area contributed by atoms with Crippen LogP contribution in [0.5, 0.6) is 0 Å². The number of carboxylic acids is 2. The molecular weight excluding hydrogens is 184 g/mol. The molecule has 0 aliphatic carbocycles. The van der Waals surface area contributed by atoms with Crippen molar-refractivity contribution in [3.05, 3.63) is 37.5 Å². The van der Waals surface area contributed by atoms with Crippen molar-refractivity contribution in [1.82, 2.24) is 0 Å². The summed E-state index contributed by atoms with van der Waals surface area (Å²) in [6.07, 6.45) is 4.62. The highest BCUT2D eigenvalue weighted by molar-refractivity contribution is 5.89. The van der Waals surface area contributed by atoms with E-state index in [0.29, 0.717) is 12.2 Å². The molecule has 80 valence electrons. The number of hydrogen-bond donors (Lipinski definition) is 2. The van der Waals surface area contributed by atoms with E-state index in [2.05, 4.69) is 13.2 Å². The van der Waals surface area contributed by atoms with Crippen LogP contribution in [0.1, 0.15) is 13.8 Å². The van der Waals surface area contributed by atoms with Gasteiger partial charge in [-0.25, -0.2) is 9.59 Å². The van der Waals surface area contributed by atoms with Crippen LogP contribution in [0.4, 0.5) is 0 Å². The Morgan fingerprint density at radius 2 is 1.07 bits per heavy atom. The third-order valence-electron chi connectivity index (χ3n) is 0.368. The second-order valence-corrected chi connectivity index (χ2v) is 1.83. The standard InChI is InChI=1S/C4H4O4.2C3H6/c5-3(6)1-2-4(7)8;2*1-3-2/h1-2H,(H,5,6)(H,7,8);2*3H,1H2,2H3. The average molecular weight is 200 g/mol. The molecule has 0 aliphatic heterocycles. The Bertz CT molecular complexity index is 182. The summed E-state index contributed by atoms with van der Waals surface area (Å²) in [7, 11) is 0. The SMILES string of the molecule is C=CC.C=CC.O=C(O)C=CC(=O)O. The van der Waals surface area contributed by atoms with Crippen LogP contribution in [0, 0.1) is 0 Å². The molecule has 0 unspecified atom stereocenters. The molecule has 4 heteroatoms. The molecule has 4 nitrogen and oxygen atoms in total. The quantitative estimate of drug-likeness (QED) is 0.528. The Morgan fingerprint density at radius 1 is 0.929 bits per heavy atom. The number of carbonyl (C=O) groups is 2. The molecular formula is C10H16O4. The minimum atomic E-state index is -1.26. The summed E-state index contributed by atoms with van der Waals surface area (Å²) in [4.78, 5) is 19.1. The van der Waals surface area contributed by atoms with Gasteiger partial charge in [-0.1, -0.05) is 12.2 Å². The zero-order valence-electron chi connectivity index (χ0n) is 8.43. The molecule has 0 bridgehead atoms. The van der Waals surface area contributed by atoms with E-state index in [1.807, 2.05) is 13.8 Å². The fraction of sp³-hybridized carbons (Fsp3) is 0.200. The smallest absolute Gasteiger partial charge is 0.328 e. The lowest BCUT2D eigenvalue weighted by Crippen LogP contribution is -1.91. The highest BCUT2D eigenvalue weighted by atomic mass is 16.4. The lowest BCUT2D eigenvalue weighted by molar-refractivity contribution is -0.134. The normalized spacial score (nSPS) is 7.29. The molecule has 0 saturated carbocycles. The van der Waals surface area contributed by atoms with Gasteiger partial charge in [-0.15, -0.1) is 13.2 Å². The first-order valence-electron chi connectivity index (χ1n) is 3.74. The van der Waals surface area contributed by atoms with Gasteiger partial charge in [-0.3, -0.25) is 0 Å². The van der Waals surface area contributed by atoms with Gasteiger partial charge >= 0.3 is 11.9 Å². The van der Waals surface area contributed by atoms with Crippen molar-refractivity contribution >= 4 is 11.9 Å². The zero-order chi connectivity index (χ0) is 12.0. The minimum Gasteiger partial charge on any atom is -0.478 e. The maximum Gasteiger partial charge on any atom is 0.328 e. The second kappa shape index (κ2) is 17.3. The lowest BCUT2D eigenvalue weighted by Gasteiger charge is -1.74. The molecule has 0 aliphatic rings. The van der Waals surface area contributed by atoms with Gasteiger partial charge in [0.25, 0.3) is 0 Å². The van der Waals surface area contributed by atoms with Crippen LogP contribution in [0.3, 0.4) is 0 Å². The first-order valence-corrected chi connectivity index (χ1v) is 3.74. The summed E-state index contributed by atoms with van der Waals surface area (Å²) in [5, 5.41) is 15.6. The number of hydrogen-bond acceptors (Lipinski definition) is 2. The van der Waals surface area contributed by atoms with E-state index < -0.39 is 11.9 Å². The summed E-state index contributed by atoms with van der Waals surface area (Å²) < 4.78 is 0. The maximum absolute atomic E-state index is 9.55. The molecule has 0 amide bonds. The molecule has 0 saturated heterocycles. The first-order chi connectivity index (χ1) is 6.45. The molecule has 0 rings (SSSR count). The number of aliphatic carboxylic acids is 2. The van der Waals surface area contributed by atoms with Crippen LogP contribution in [0.15, 0.2) is 37.5 Å². The lowest BCUT2D eigenvalue weighted by atomic mass is 10.5. The van der Waals surface area contributed by atoms with Crippen LogP contribution in [0.2, 0.25) is 0 Å². The molecule has 0 spiro atoms. The van der Waals surface area contributed by atoms with Crippen molar-refractivity contribution in [2.45, 2.75) is 13.8 Å². The van der Waals surface area contributed by atoms with Crippen LogP contribution in [-0.2, 0) is 9.59 Å². The van der Waals surface area contributed by atoms with Crippen LogP contribution in [0.25, 0.3) is 0 Å². The van der Waals surface area contributed by atoms with Crippen molar-refractivity contribution < 1.29 is 19.8 Å². The monoisotopic (exact) mass is 200 g/mol. The Kier molecular flexibility index (Phi) is 22.3. The summed E-state index contributed by atoms with van der Waals surface area (Å²) >= 11 is 0. The van der Waals surface area contributed by atoms with Gasteiger partial charge in [0.05, 0.1) is 0 Å². The topological polar surface area (TPSA) is 74.6 Å². The molecule has 0 fully saturated rings. The number of carboxylic acid groups (broad SMARTS) is 2. The highest BCUT2D eigenvalue weighted by Crippen LogP contribution is 1.70. The highest BCUT2D eigenvalue weighted by Gasteiger charge is 1.88. The van der Waals surface area contributed by atoms with Gasteiger partial charge in [0, 0.05) is 12.2 Å². The van der Waals surface area contributed by atoms with E-state index in [1.165, 1.54) is 0 Å². The number of rotatable bonds is 2. The van der Waals surface area contributed by atoms with E-state index in [4.69, 9.17) is 10.2 Å². The van der Waals surface area contributed by atoms with E-state index in [-0.39, 0.29) is 0 Å². The van der Waals surface area contributed by atoms with Crippen LogP contribution < -0.4 is 0 Å². The van der Waals surface area contributed by atoms with Crippen molar-refractivity contribution in [2.24, 2.45) is 0 Å². The van der Waals surface area contributed by atoms with Crippen molar-refractivity contribution in [3.8, 4) is 0 Å². The van der Waals surface area contributed by atoms with Crippen molar-refractivity contribution in [3.63, 3.8) is 0 Å².